The second-order valence-electron chi connectivity index (χ2n) is 5.54. The molecule has 0 amide bonds. The van der Waals surface area contributed by atoms with Crippen LogP contribution in [0.4, 0.5) is 0 Å². The maximum atomic E-state index is 9.98. The van der Waals surface area contributed by atoms with Crippen LogP contribution in [0.5, 0.6) is 5.75 Å². The first-order valence-corrected chi connectivity index (χ1v) is 7.87. The Labute approximate surface area is 122 Å². The van der Waals surface area contributed by atoms with Crippen LogP contribution in [0.3, 0.4) is 0 Å². The van der Waals surface area contributed by atoms with Crippen LogP contribution in [0.25, 0.3) is 0 Å². The van der Waals surface area contributed by atoms with Gasteiger partial charge < -0.3 is 15.2 Å². The highest BCUT2D eigenvalue weighted by atomic mass is 79.9. The van der Waals surface area contributed by atoms with E-state index in [4.69, 9.17) is 4.74 Å². The Kier molecular flexibility index (Phi) is 4.10. The van der Waals surface area contributed by atoms with Crippen molar-refractivity contribution in [3.8, 4) is 5.75 Å². The summed E-state index contributed by atoms with van der Waals surface area (Å²) < 4.78 is 6.84. The van der Waals surface area contributed by atoms with Crippen molar-refractivity contribution in [1.29, 1.82) is 0 Å². The number of ether oxygens (including phenoxy) is 1. The van der Waals surface area contributed by atoms with Gasteiger partial charge in [-0.05, 0) is 43.7 Å². The highest BCUT2D eigenvalue weighted by Gasteiger charge is 2.30. The minimum atomic E-state index is -0.192. The summed E-state index contributed by atoms with van der Waals surface area (Å²) >= 11 is 3.48. The summed E-state index contributed by atoms with van der Waals surface area (Å²) in [5.74, 6) is 1.49. The van der Waals surface area contributed by atoms with Gasteiger partial charge in [0.25, 0.3) is 0 Å². The van der Waals surface area contributed by atoms with Crippen LogP contribution in [-0.2, 0) is 0 Å². The molecular formula is C15H20BrNO2. The van der Waals surface area contributed by atoms with Gasteiger partial charge in [-0.15, -0.1) is 0 Å². The highest BCUT2D eigenvalue weighted by Crippen LogP contribution is 2.35. The Morgan fingerprint density at radius 1 is 1.37 bits per heavy atom. The fourth-order valence-electron chi connectivity index (χ4n) is 2.67. The summed E-state index contributed by atoms with van der Waals surface area (Å²) in [7, 11) is 0. The molecule has 0 aromatic heterocycles. The SMILES string of the molecule is OC(CNC1CCCOc2cc(Br)ccc21)C1CC1. The molecule has 1 aliphatic heterocycles. The van der Waals surface area contributed by atoms with Crippen molar-refractivity contribution in [2.24, 2.45) is 5.92 Å². The Bertz CT molecular complexity index is 448. The summed E-state index contributed by atoms with van der Waals surface area (Å²) in [4.78, 5) is 0. The summed E-state index contributed by atoms with van der Waals surface area (Å²) in [5.41, 5.74) is 1.21. The molecule has 104 valence electrons. The van der Waals surface area contributed by atoms with Crippen molar-refractivity contribution in [3.05, 3.63) is 28.2 Å². The minimum Gasteiger partial charge on any atom is -0.493 e. The second-order valence-corrected chi connectivity index (χ2v) is 6.45. The number of benzene rings is 1. The van der Waals surface area contributed by atoms with Gasteiger partial charge in [0, 0.05) is 22.6 Å². The number of hydrogen-bond donors (Lipinski definition) is 2. The third kappa shape index (κ3) is 3.30. The molecule has 0 spiro atoms. The van der Waals surface area contributed by atoms with E-state index < -0.39 is 0 Å². The smallest absolute Gasteiger partial charge is 0.125 e. The zero-order chi connectivity index (χ0) is 13.2. The molecule has 3 nitrogen and oxygen atoms in total. The largest absolute Gasteiger partial charge is 0.493 e. The molecule has 2 atom stereocenters. The molecule has 2 N–H and O–H groups in total. The van der Waals surface area contributed by atoms with Crippen molar-refractivity contribution >= 4 is 15.9 Å². The van der Waals surface area contributed by atoms with E-state index in [0.29, 0.717) is 18.5 Å². The van der Waals surface area contributed by atoms with Crippen LogP contribution in [0.1, 0.15) is 37.3 Å². The van der Waals surface area contributed by atoms with Gasteiger partial charge in [0.1, 0.15) is 5.75 Å². The number of fused-ring (bicyclic) bond motifs is 1. The van der Waals surface area contributed by atoms with Crippen LogP contribution in [-0.4, -0.2) is 24.4 Å². The standard InChI is InChI=1S/C15H20BrNO2/c16-11-5-6-12-13(2-1-7-19-15(12)8-11)17-9-14(18)10-3-4-10/h5-6,8,10,13-14,17-18H,1-4,7,9H2. The quantitative estimate of drug-likeness (QED) is 0.894. The topological polar surface area (TPSA) is 41.5 Å². The van der Waals surface area contributed by atoms with E-state index in [2.05, 4.69) is 33.4 Å². The van der Waals surface area contributed by atoms with Crippen molar-refractivity contribution in [1.82, 2.24) is 5.32 Å². The summed E-state index contributed by atoms with van der Waals surface area (Å²) in [6, 6.07) is 6.50. The van der Waals surface area contributed by atoms with Gasteiger partial charge in [-0.2, -0.15) is 0 Å². The second kappa shape index (κ2) is 5.81. The Morgan fingerprint density at radius 2 is 2.21 bits per heavy atom. The zero-order valence-electron chi connectivity index (χ0n) is 10.9. The Morgan fingerprint density at radius 3 is 3.00 bits per heavy atom. The number of halogens is 1. The molecule has 0 bridgehead atoms. The summed E-state index contributed by atoms with van der Waals surface area (Å²) in [5, 5.41) is 13.5. The van der Waals surface area contributed by atoms with Crippen molar-refractivity contribution in [3.63, 3.8) is 0 Å². The molecule has 2 aliphatic rings. The number of nitrogens with one attached hydrogen (secondary N) is 1. The Hall–Kier alpha value is -0.580. The van der Waals surface area contributed by atoms with E-state index in [1.54, 1.807) is 0 Å². The van der Waals surface area contributed by atoms with E-state index in [-0.39, 0.29) is 6.10 Å². The third-order valence-electron chi connectivity index (χ3n) is 3.99. The fraction of sp³-hybridized carbons (Fsp3) is 0.600. The predicted octanol–water partition coefficient (Wildman–Crippen LogP) is 3.02. The predicted molar refractivity (Wildman–Crippen MR) is 78.3 cm³/mol. The van der Waals surface area contributed by atoms with Crippen LogP contribution in [0.2, 0.25) is 0 Å². The molecule has 0 saturated heterocycles. The van der Waals surface area contributed by atoms with Gasteiger partial charge in [0.2, 0.25) is 0 Å². The lowest BCUT2D eigenvalue weighted by molar-refractivity contribution is 0.144. The van der Waals surface area contributed by atoms with Gasteiger partial charge in [-0.3, -0.25) is 0 Å². The van der Waals surface area contributed by atoms with Crippen molar-refractivity contribution < 1.29 is 9.84 Å². The van der Waals surface area contributed by atoms with Crippen molar-refractivity contribution in [2.75, 3.05) is 13.2 Å². The first-order chi connectivity index (χ1) is 9.24. The van der Waals surface area contributed by atoms with Gasteiger partial charge in [0.05, 0.1) is 12.7 Å². The molecule has 1 heterocycles. The molecule has 1 fully saturated rings. The van der Waals surface area contributed by atoms with Crippen LogP contribution in [0.15, 0.2) is 22.7 Å². The maximum Gasteiger partial charge on any atom is 0.125 e. The number of aliphatic hydroxyl groups excluding tert-OH is 1. The lowest BCUT2D eigenvalue weighted by Crippen LogP contribution is -2.31. The molecule has 1 aromatic carbocycles. The fourth-order valence-corrected chi connectivity index (χ4v) is 3.01. The molecule has 1 aliphatic carbocycles. The lowest BCUT2D eigenvalue weighted by Gasteiger charge is -2.20. The normalized spacial score (nSPS) is 24.2. The van der Waals surface area contributed by atoms with Crippen LogP contribution < -0.4 is 10.1 Å². The first-order valence-electron chi connectivity index (χ1n) is 7.08. The van der Waals surface area contributed by atoms with Crippen LogP contribution >= 0.6 is 15.9 Å². The van der Waals surface area contributed by atoms with Gasteiger partial charge in [-0.25, -0.2) is 0 Å². The first kappa shape index (κ1) is 13.4. The average molecular weight is 326 g/mol. The lowest BCUT2D eigenvalue weighted by atomic mass is 10.0. The molecule has 3 rings (SSSR count). The zero-order valence-corrected chi connectivity index (χ0v) is 12.5. The monoisotopic (exact) mass is 325 g/mol. The van der Waals surface area contributed by atoms with E-state index in [1.807, 2.05) is 6.07 Å². The third-order valence-corrected chi connectivity index (χ3v) is 4.48. The van der Waals surface area contributed by atoms with E-state index >= 15 is 0 Å². The minimum absolute atomic E-state index is 0.192. The average Bonchev–Trinajstić information content (AvgIpc) is 3.23. The molecule has 1 saturated carbocycles. The molecule has 4 heteroatoms. The van der Waals surface area contributed by atoms with E-state index in [9.17, 15) is 5.11 Å². The molecule has 1 aromatic rings. The molecule has 0 radical (unpaired) electrons. The van der Waals surface area contributed by atoms with Gasteiger partial charge >= 0.3 is 0 Å². The number of hydrogen-bond acceptors (Lipinski definition) is 3. The van der Waals surface area contributed by atoms with E-state index in [0.717, 1.165) is 29.7 Å². The van der Waals surface area contributed by atoms with Gasteiger partial charge in [0.15, 0.2) is 0 Å². The maximum absolute atomic E-state index is 9.98. The molecular weight excluding hydrogens is 306 g/mol. The number of aliphatic hydroxyl groups is 1. The van der Waals surface area contributed by atoms with Gasteiger partial charge in [-0.1, -0.05) is 22.0 Å². The van der Waals surface area contributed by atoms with Crippen LogP contribution in [0, 0.1) is 5.92 Å². The van der Waals surface area contributed by atoms with Crippen molar-refractivity contribution in [2.45, 2.75) is 37.8 Å². The molecule has 19 heavy (non-hydrogen) atoms. The molecule has 2 unspecified atom stereocenters. The summed E-state index contributed by atoms with van der Waals surface area (Å²) in [6.45, 7) is 1.46. The van der Waals surface area contributed by atoms with E-state index in [1.165, 1.54) is 18.4 Å². The number of rotatable bonds is 4. The summed E-state index contributed by atoms with van der Waals surface area (Å²) in [6.07, 6.45) is 4.28. The Balaban J connectivity index is 1.70. The highest BCUT2D eigenvalue weighted by molar-refractivity contribution is 9.10.